The van der Waals surface area contributed by atoms with Crippen molar-refractivity contribution < 1.29 is 23.6 Å². The molecule has 8 heteroatoms. The highest BCUT2D eigenvalue weighted by molar-refractivity contribution is 6.45. The highest BCUT2D eigenvalue weighted by Gasteiger charge is 2.48. The predicted molar refractivity (Wildman–Crippen MR) is 84.5 cm³/mol. The van der Waals surface area contributed by atoms with Crippen molar-refractivity contribution in [2.24, 2.45) is 0 Å². The Morgan fingerprint density at radius 1 is 1.12 bits per heavy atom. The van der Waals surface area contributed by atoms with Gasteiger partial charge in [-0.15, -0.1) is 0 Å². The zero-order valence-electron chi connectivity index (χ0n) is 13.5. The topological polar surface area (TPSA) is 86.8 Å². The highest BCUT2D eigenvalue weighted by atomic mass is 19.1. The van der Waals surface area contributed by atoms with Crippen LogP contribution in [-0.2, 0) is 20.9 Å². The quantitative estimate of drug-likeness (QED) is 0.640. The third kappa shape index (κ3) is 3.38. The molecule has 0 aromatic heterocycles. The number of hydrogen-bond acceptors (Lipinski definition) is 4. The minimum atomic E-state index is -0.988. The van der Waals surface area contributed by atoms with Crippen molar-refractivity contribution in [3.05, 3.63) is 35.6 Å². The number of halogens is 1. The molecule has 1 aliphatic heterocycles. The maximum absolute atomic E-state index is 13.5. The Bertz CT molecular complexity index is 730. The molecule has 1 saturated carbocycles. The monoisotopic (exact) mass is 347 g/mol. The molecule has 0 spiro atoms. The average Bonchev–Trinajstić information content (AvgIpc) is 3.18. The fraction of sp³-hybridized carbons (Fsp3) is 0.412. The summed E-state index contributed by atoms with van der Waals surface area (Å²) in [4.78, 5) is 50.0. The molecule has 7 nitrogen and oxygen atoms in total. The van der Waals surface area contributed by atoms with E-state index in [9.17, 15) is 23.6 Å². The second-order valence-corrected chi connectivity index (χ2v) is 6.16. The molecule has 2 fully saturated rings. The highest BCUT2D eigenvalue weighted by Crippen LogP contribution is 2.27. The molecule has 1 aromatic carbocycles. The number of rotatable bonds is 5. The van der Waals surface area contributed by atoms with Crippen LogP contribution in [0.1, 0.15) is 31.2 Å². The Kier molecular flexibility index (Phi) is 4.78. The molecule has 1 N–H and O–H groups in total. The van der Waals surface area contributed by atoms with Gasteiger partial charge in [0.15, 0.2) is 0 Å². The second-order valence-electron chi connectivity index (χ2n) is 6.16. The van der Waals surface area contributed by atoms with E-state index in [4.69, 9.17) is 0 Å². The summed E-state index contributed by atoms with van der Waals surface area (Å²) in [5.74, 6) is -2.96. The Labute approximate surface area is 143 Å². The van der Waals surface area contributed by atoms with E-state index in [1.54, 1.807) is 6.07 Å². The Morgan fingerprint density at radius 2 is 1.80 bits per heavy atom. The summed E-state index contributed by atoms with van der Waals surface area (Å²) in [6.45, 7) is -0.622. The van der Waals surface area contributed by atoms with Gasteiger partial charge < -0.3 is 5.32 Å². The first-order valence-electron chi connectivity index (χ1n) is 8.18. The molecule has 0 unspecified atom stereocenters. The predicted octanol–water partition coefficient (Wildman–Crippen LogP) is 1.18. The van der Waals surface area contributed by atoms with Gasteiger partial charge in [-0.05, 0) is 18.9 Å². The van der Waals surface area contributed by atoms with E-state index in [0.717, 1.165) is 17.7 Å². The third-order valence-corrected chi connectivity index (χ3v) is 4.51. The molecule has 25 heavy (non-hydrogen) atoms. The molecule has 0 atom stereocenters. The average molecular weight is 347 g/mol. The minimum absolute atomic E-state index is 0.0674. The Balaban J connectivity index is 1.61. The largest absolute Gasteiger partial charge is 0.350 e. The number of carbonyl (C=O) groups is 4. The van der Waals surface area contributed by atoms with Crippen LogP contribution in [0.15, 0.2) is 24.3 Å². The van der Waals surface area contributed by atoms with E-state index in [1.165, 1.54) is 18.2 Å². The van der Waals surface area contributed by atoms with Crippen molar-refractivity contribution in [3.63, 3.8) is 0 Å². The van der Waals surface area contributed by atoms with Gasteiger partial charge in [0.05, 0.1) is 0 Å². The molecular formula is C17H18FN3O4. The molecule has 132 valence electrons. The summed E-state index contributed by atoms with van der Waals surface area (Å²) in [7, 11) is 0. The van der Waals surface area contributed by atoms with Crippen molar-refractivity contribution in [1.29, 1.82) is 0 Å². The lowest BCUT2D eigenvalue weighted by atomic mass is 10.2. The van der Waals surface area contributed by atoms with Gasteiger partial charge in [0, 0.05) is 18.2 Å². The summed E-state index contributed by atoms with van der Waals surface area (Å²) in [6, 6.07) is 4.94. The van der Waals surface area contributed by atoms with Crippen LogP contribution in [-0.4, -0.2) is 46.1 Å². The van der Waals surface area contributed by atoms with Gasteiger partial charge >= 0.3 is 17.8 Å². The Hall–Kier alpha value is -2.77. The van der Waals surface area contributed by atoms with E-state index >= 15 is 0 Å². The van der Waals surface area contributed by atoms with Crippen LogP contribution < -0.4 is 5.32 Å². The van der Waals surface area contributed by atoms with Crippen molar-refractivity contribution in [2.45, 2.75) is 38.3 Å². The number of benzene rings is 1. The van der Waals surface area contributed by atoms with E-state index in [0.29, 0.717) is 23.3 Å². The number of imide groups is 2. The molecule has 1 heterocycles. The number of nitrogens with one attached hydrogen (secondary N) is 1. The zero-order chi connectivity index (χ0) is 18.0. The normalized spacial score (nSPS) is 18.4. The van der Waals surface area contributed by atoms with Crippen LogP contribution in [0, 0.1) is 5.82 Å². The number of carbonyl (C=O) groups excluding carboxylic acids is 4. The fourth-order valence-corrected chi connectivity index (χ4v) is 3.18. The van der Waals surface area contributed by atoms with Gasteiger partial charge in [0.1, 0.15) is 12.4 Å². The van der Waals surface area contributed by atoms with Crippen LogP contribution >= 0.6 is 0 Å². The van der Waals surface area contributed by atoms with Crippen molar-refractivity contribution in [3.8, 4) is 0 Å². The first-order chi connectivity index (χ1) is 12.0. The Morgan fingerprint density at radius 3 is 2.48 bits per heavy atom. The van der Waals surface area contributed by atoms with Crippen LogP contribution in [0.25, 0.3) is 0 Å². The van der Waals surface area contributed by atoms with Crippen LogP contribution in [0.2, 0.25) is 0 Å². The number of amides is 5. The lowest BCUT2D eigenvalue weighted by Gasteiger charge is -2.20. The molecule has 5 amide bonds. The van der Waals surface area contributed by atoms with Gasteiger partial charge in [0.2, 0.25) is 5.91 Å². The fourth-order valence-electron chi connectivity index (χ4n) is 3.18. The maximum atomic E-state index is 13.5. The van der Waals surface area contributed by atoms with Crippen molar-refractivity contribution >= 4 is 23.8 Å². The summed E-state index contributed by atoms with van der Waals surface area (Å²) >= 11 is 0. The summed E-state index contributed by atoms with van der Waals surface area (Å²) in [6.07, 6.45) is 3.16. The lowest BCUT2D eigenvalue weighted by molar-refractivity contribution is -0.144. The molecular weight excluding hydrogens is 329 g/mol. The van der Waals surface area contributed by atoms with Crippen LogP contribution in [0.3, 0.4) is 0 Å². The van der Waals surface area contributed by atoms with Crippen LogP contribution in [0.4, 0.5) is 9.18 Å². The summed E-state index contributed by atoms with van der Waals surface area (Å²) < 4.78 is 13.5. The molecule has 0 bridgehead atoms. The van der Waals surface area contributed by atoms with Crippen LogP contribution in [0.5, 0.6) is 0 Å². The van der Waals surface area contributed by atoms with E-state index in [1.807, 2.05) is 0 Å². The number of hydrogen-bond donors (Lipinski definition) is 1. The first kappa shape index (κ1) is 17.1. The van der Waals surface area contributed by atoms with Gasteiger partial charge in [-0.25, -0.2) is 14.1 Å². The first-order valence-corrected chi connectivity index (χ1v) is 8.18. The molecule has 1 aromatic rings. The molecule has 0 radical (unpaired) electrons. The van der Waals surface area contributed by atoms with Gasteiger partial charge in [-0.3, -0.25) is 19.3 Å². The third-order valence-electron chi connectivity index (χ3n) is 4.51. The molecule has 3 rings (SSSR count). The summed E-state index contributed by atoms with van der Waals surface area (Å²) in [5, 5.41) is 2.45. The number of nitrogens with zero attached hydrogens (tertiary/aromatic N) is 2. The van der Waals surface area contributed by atoms with E-state index < -0.39 is 36.1 Å². The van der Waals surface area contributed by atoms with E-state index in [2.05, 4.69) is 5.32 Å². The zero-order valence-corrected chi connectivity index (χ0v) is 13.5. The number of urea groups is 1. The van der Waals surface area contributed by atoms with Gasteiger partial charge in [-0.1, -0.05) is 31.0 Å². The molecule has 1 saturated heterocycles. The van der Waals surface area contributed by atoms with Crippen molar-refractivity contribution in [1.82, 2.24) is 15.1 Å². The summed E-state index contributed by atoms with van der Waals surface area (Å²) in [5.41, 5.74) is 0.290. The molecule has 2 aliphatic rings. The molecule has 1 aliphatic carbocycles. The standard InChI is InChI=1S/C17H18FN3O4/c18-13-8-4-1-5-11(13)9-19-14(22)10-20-15(23)16(24)21(17(20)25)12-6-2-3-7-12/h1,4-5,8,12H,2-3,6-7,9-10H2,(H,19,22). The smallest absolute Gasteiger partial charge is 0.334 e. The maximum Gasteiger partial charge on any atom is 0.334 e. The van der Waals surface area contributed by atoms with Gasteiger partial charge in [0.25, 0.3) is 0 Å². The van der Waals surface area contributed by atoms with E-state index in [-0.39, 0.29) is 12.6 Å². The minimum Gasteiger partial charge on any atom is -0.350 e. The lowest BCUT2D eigenvalue weighted by Crippen LogP contribution is -2.43. The van der Waals surface area contributed by atoms with Crippen molar-refractivity contribution in [2.75, 3.05) is 6.54 Å². The second kappa shape index (κ2) is 7.00. The van der Waals surface area contributed by atoms with Gasteiger partial charge in [-0.2, -0.15) is 0 Å². The SMILES string of the molecule is O=C(CN1C(=O)C(=O)N(C2CCCC2)C1=O)NCc1ccccc1F.